The van der Waals surface area contributed by atoms with Crippen LogP contribution in [0.15, 0.2) is 41.3 Å². The summed E-state index contributed by atoms with van der Waals surface area (Å²) in [6.07, 6.45) is 2.26. The van der Waals surface area contributed by atoms with E-state index in [1.807, 2.05) is 0 Å². The van der Waals surface area contributed by atoms with Crippen molar-refractivity contribution >= 4 is 12.2 Å². The smallest absolute Gasteiger partial charge is 0.241 e. The van der Waals surface area contributed by atoms with E-state index >= 15 is 0 Å². The molecule has 19 heavy (non-hydrogen) atoms. The van der Waals surface area contributed by atoms with Crippen LogP contribution in [0.2, 0.25) is 0 Å². The largest absolute Gasteiger partial charge is 0.481 e. The number of para-hydroxylation sites is 1. The summed E-state index contributed by atoms with van der Waals surface area (Å²) in [7, 11) is 2.97. The van der Waals surface area contributed by atoms with Crippen LogP contribution in [-0.4, -0.2) is 31.7 Å². The zero-order chi connectivity index (χ0) is 13.7. The highest BCUT2D eigenvalue weighted by Crippen LogP contribution is 2.17. The molecule has 0 aliphatic carbocycles. The summed E-state index contributed by atoms with van der Waals surface area (Å²) in [6.45, 7) is 0. The second-order valence-electron chi connectivity index (χ2n) is 3.49. The first-order valence-electron chi connectivity index (χ1n) is 5.44. The van der Waals surface area contributed by atoms with E-state index in [-0.39, 0.29) is 0 Å². The molecule has 1 heterocycles. The van der Waals surface area contributed by atoms with Crippen molar-refractivity contribution in [1.29, 1.82) is 0 Å². The Balaban J connectivity index is 2.17. The van der Waals surface area contributed by atoms with E-state index in [1.54, 1.807) is 30.3 Å². The van der Waals surface area contributed by atoms with E-state index in [0.717, 1.165) is 5.28 Å². The van der Waals surface area contributed by atoms with Gasteiger partial charge in [0.2, 0.25) is 11.8 Å². The molecule has 1 aliphatic heterocycles. The number of benzene rings is 1. The molecule has 0 saturated carbocycles. The van der Waals surface area contributed by atoms with Crippen molar-refractivity contribution in [3.05, 3.63) is 41.8 Å². The van der Waals surface area contributed by atoms with Crippen LogP contribution >= 0.6 is 0 Å². The zero-order valence-corrected chi connectivity index (χ0v) is 10.5. The van der Waals surface area contributed by atoms with Gasteiger partial charge in [-0.3, -0.25) is 4.79 Å². The highest BCUT2D eigenvalue weighted by Gasteiger charge is 2.16. The van der Waals surface area contributed by atoms with Crippen molar-refractivity contribution in [1.82, 2.24) is 10.7 Å². The van der Waals surface area contributed by atoms with Crippen molar-refractivity contribution in [3.63, 3.8) is 0 Å². The molecule has 0 aromatic heterocycles. The van der Waals surface area contributed by atoms with Gasteiger partial charge < -0.3 is 14.3 Å². The minimum atomic E-state index is 0.305. The summed E-state index contributed by atoms with van der Waals surface area (Å²) < 4.78 is 10.1. The number of carbonyl (C=O) groups is 1. The fourth-order valence-electron chi connectivity index (χ4n) is 1.38. The number of rotatable bonds is 4. The maximum absolute atomic E-state index is 10.9. The fraction of sp³-hybridized carbons (Fsp3) is 0.167. The van der Waals surface area contributed by atoms with E-state index in [2.05, 4.69) is 10.5 Å². The Bertz CT molecular complexity index is 527. The van der Waals surface area contributed by atoms with Gasteiger partial charge in [0, 0.05) is 0 Å². The van der Waals surface area contributed by atoms with Crippen molar-refractivity contribution in [2.24, 2.45) is 5.10 Å². The molecule has 0 atom stereocenters. The number of ether oxygens (including phenoxy) is 2. The molecule has 100 valence electrons. The molecule has 0 amide bonds. The molecule has 1 N–H and O–H groups in total. The van der Waals surface area contributed by atoms with Crippen LogP contribution in [0.1, 0.15) is 10.4 Å². The number of nitrogens with one attached hydrogen (secondary N) is 1. The zero-order valence-electron chi connectivity index (χ0n) is 10.5. The predicted molar refractivity (Wildman–Crippen MR) is 67.0 cm³/mol. The molecule has 7 nitrogen and oxygen atoms in total. The third-order valence-corrected chi connectivity index (χ3v) is 2.31. The number of carbonyl (C=O) groups excluding carboxylic acids is 1. The number of aldehydes is 1. The molecule has 1 aromatic carbocycles. The summed E-state index contributed by atoms with van der Waals surface area (Å²) in [5, 5.41) is 5.05. The molecule has 2 rings (SSSR count). The summed E-state index contributed by atoms with van der Waals surface area (Å²) >= 11 is 0. The van der Waals surface area contributed by atoms with Gasteiger partial charge in [-0.05, 0) is 17.4 Å². The molecule has 0 saturated heterocycles. The maximum atomic E-state index is 10.9. The fourth-order valence-corrected chi connectivity index (χ4v) is 1.38. The number of hydrazine groups is 1. The van der Waals surface area contributed by atoms with Crippen LogP contribution in [0.3, 0.4) is 0 Å². The Labute approximate surface area is 110 Å². The van der Waals surface area contributed by atoms with Gasteiger partial charge in [-0.15, -0.1) is 0 Å². The Kier molecular flexibility index (Phi) is 3.87. The molecule has 7 heteroatoms. The van der Waals surface area contributed by atoms with E-state index in [4.69, 9.17) is 14.3 Å². The van der Waals surface area contributed by atoms with Crippen LogP contribution in [-0.2, 0) is 9.47 Å². The Morgan fingerprint density at radius 1 is 1.26 bits per heavy atom. The van der Waals surface area contributed by atoms with Gasteiger partial charge in [0.1, 0.15) is 0 Å². The highest BCUT2D eigenvalue weighted by atomic mass is 16.7. The molecule has 0 unspecified atom stereocenters. The lowest BCUT2D eigenvalue weighted by atomic mass is 10.2. The molecule has 1 aromatic rings. The number of hydrogen-bond acceptors (Lipinski definition) is 7. The van der Waals surface area contributed by atoms with Crippen LogP contribution in [0, 0.1) is 0 Å². The van der Waals surface area contributed by atoms with Crippen molar-refractivity contribution in [3.8, 4) is 5.75 Å². The lowest BCUT2D eigenvalue weighted by Crippen LogP contribution is -2.40. The number of nitrogens with zero attached hydrogens (tertiary/aromatic N) is 2. The number of methoxy groups -OCH3 is 2. The molecular weight excluding hydrogens is 250 g/mol. The monoisotopic (exact) mass is 263 g/mol. The topological polar surface area (TPSA) is 72.4 Å². The summed E-state index contributed by atoms with van der Waals surface area (Å²) in [4.78, 5) is 16.3. The number of hydrogen-bond donors (Lipinski definition) is 1. The molecule has 0 radical (unpaired) electrons. The van der Waals surface area contributed by atoms with Gasteiger partial charge in [0.05, 0.1) is 25.9 Å². The average Bonchev–Trinajstić information content (AvgIpc) is 2.47. The highest BCUT2D eigenvalue weighted by molar-refractivity contribution is 5.88. The summed E-state index contributed by atoms with van der Waals surface area (Å²) in [6, 6.07) is 6.78. The quantitative estimate of drug-likeness (QED) is 0.819. The average molecular weight is 263 g/mol. The summed E-state index contributed by atoms with van der Waals surface area (Å²) in [5.41, 5.74) is 3.14. The first-order chi connectivity index (χ1) is 9.26. The predicted octanol–water partition coefficient (Wildman–Crippen LogP) is 1.06. The Morgan fingerprint density at radius 2 is 2.05 bits per heavy atom. The lowest BCUT2D eigenvalue weighted by Gasteiger charge is -2.24. The van der Waals surface area contributed by atoms with E-state index < -0.39 is 0 Å². The first-order valence-corrected chi connectivity index (χ1v) is 5.44. The van der Waals surface area contributed by atoms with E-state index in [0.29, 0.717) is 29.4 Å². The summed E-state index contributed by atoms with van der Waals surface area (Å²) in [5.74, 6) is 1.07. The minimum Gasteiger partial charge on any atom is -0.481 e. The van der Waals surface area contributed by atoms with Gasteiger partial charge >= 0.3 is 0 Å². The van der Waals surface area contributed by atoms with Crippen LogP contribution in [0.25, 0.3) is 0 Å². The second-order valence-corrected chi connectivity index (χ2v) is 3.49. The first kappa shape index (κ1) is 12.7. The molecule has 0 bridgehead atoms. The van der Waals surface area contributed by atoms with Gasteiger partial charge in [0.25, 0.3) is 0 Å². The van der Waals surface area contributed by atoms with E-state index in [9.17, 15) is 4.79 Å². The Morgan fingerprint density at radius 3 is 2.74 bits per heavy atom. The van der Waals surface area contributed by atoms with Crippen molar-refractivity contribution in [2.45, 2.75) is 0 Å². The maximum Gasteiger partial charge on any atom is 0.241 e. The lowest BCUT2D eigenvalue weighted by molar-refractivity contribution is -0.111. The second kappa shape index (κ2) is 5.76. The normalized spacial score (nSPS) is 13.9. The van der Waals surface area contributed by atoms with Gasteiger partial charge in [-0.2, -0.15) is 0 Å². The van der Waals surface area contributed by atoms with Gasteiger partial charge in [0.15, 0.2) is 12.0 Å². The van der Waals surface area contributed by atoms with E-state index in [1.165, 1.54) is 14.2 Å². The molecular formula is C12H13N3O4. The third-order valence-electron chi connectivity index (χ3n) is 2.31. The minimum absolute atomic E-state index is 0.305. The van der Waals surface area contributed by atoms with Crippen LogP contribution in [0.4, 0.5) is 0 Å². The van der Waals surface area contributed by atoms with Crippen molar-refractivity contribution < 1.29 is 19.1 Å². The van der Waals surface area contributed by atoms with Crippen LogP contribution < -0.4 is 10.3 Å². The Hall–Kier alpha value is -2.70. The molecule has 0 fully saturated rings. The van der Waals surface area contributed by atoms with Crippen LogP contribution in [0.5, 0.6) is 5.75 Å². The van der Waals surface area contributed by atoms with Gasteiger partial charge in [-0.1, -0.05) is 17.2 Å². The molecule has 1 aliphatic rings. The molecule has 0 spiro atoms. The van der Waals surface area contributed by atoms with Crippen molar-refractivity contribution in [2.75, 3.05) is 14.2 Å². The third kappa shape index (κ3) is 2.95. The van der Waals surface area contributed by atoms with Gasteiger partial charge in [-0.25, -0.2) is 5.43 Å². The standard InChI is InChI=1S/C12H13N3O4/c1-17-11-7-12(18-2)14-15(13-11)19-10-6-4-3-5-9(10)8-16/h3-8,13H,1-2H3. The number of hydrazone groups is 1. The SMILES string of the molecule is COC1=CC(OC)=NN(Oc2ccccc2C=O)N1.